The standard InChI is InChI=1S/C15H13ClINO2/c16-8-10-2-1-3-11(6-10)9-18-15(20)13-7-12(17)4-5-14(13)19/h1-7,19H,8-9H2,(H,18,20). The second kappa shape index (κ2) is 6.95. The fourth-order valence-corrected chi connectivity index (χ4v) is 2.45. The first-order chi connectivity index (χ1) is 9.60. The first-order valence-corrected chi connectivity index (χ1v) is 7.62. The second-order valence-corrected chi connectivity index (χ2v) is 5.81. The number of halogens is 2. The van der Waals surface area contributed by atoms with E-state index in [-0.39, 0.29) is 17.2 Å². The summed E-state index contributed by atoms with van der Waals surface area (Å²) in [5.74, 6) is 0.133. The van der Waals surface area contributed by atoms with Gasteiger partial charge in [0.25, 0.3) is 5.91 Å². The molecule has 0 radical (unpaired) electrons. The van der Waals surface area contributed by atoms with Crippen molar-refractivity contribution in [2.75, 3.05) is 0 Å². The van der Waals surface area contributed by atoms with Gasteiger partial charge < -0.3 is 10.4 Å². The first-order valence-electron chi connectivity index (χ1n) is 6.00. The third-order valence-corrected chi connectivity index (χ3v) is 3.78. The number of phenolic OH excluding ortho intramolecular Hbond substituents is 1. The number of rotatable bonds is 4. The number of alkyl halides is 1. The van der Waals surface area contributed by atoms with Crippen LogP contribution in [0.4, 0.5) is 0 Å². The summed E-state index contributed by atoms with van der Waals surface area (Å²) in [7, 11) is 0. The summed E-state index contributed by atoms with van der Waals surface area (Å²) < 4.78 is 0.898. The zero-order valence-electron chi connectivity index (χ0n) is 10.6. The fraction of sp³-hybridized carbons (Fsp3) is 0.133. The number of hydrogen-bond acceptors (Lipinski definition) is 2. The average molecular weight is 402 g/mol. The maximum Gasteiger partial charge on any atom is 0.255 e. The molecule has 0 saturated carbocycles. The van der Waals surface area contributed by atoms with E-state index in [9.17, 15) is 9.90 Å². The molecule has 1 amide bonds. The smallest absolute Gasteiger partial charge is 0.255 e. The molecule has 0 bridgehead atoms. The Morgan fingerprint density at radius 1 is 1.20 bits per heavy atom. The molecule has 0 spiro atoms. The van der Waals surface area contributed by atoms with Crippen LogP contribution in [0.3, 0.4) is 0 Å². The lowest BCUT2D eigenvalue weighted by molar-refractivity contribution is 0.0948. The molecule has 0 atom stereocenters. The monoisotopic (exact) mass is 401 g/mol. The van der Waals surface area contributed by atoms with E-state index in [1.165, 1.54) is 6.07 Å². The van der Waals surface area contributed by atoms with Gasteiger partial charge in [0.15, 0.2) is 0 Å². The molecule has 0 aromatic heterocycles. The molecule has 104 valence electrons. The Morgan fingerprint density at radius 2 is 1.95 bits per heavy atom. The maximum atomic E-state index is 12.0. The molecule has 5 heteroatoms. The SMILES string of the molecule is O=C(NCc1cccc(CCl)c1)c1cc(I)ccc1O. The molecule has 0 heterocycles. The van der Waals surface area contributed by atoms with Gasteiger partial charge in [0.2, 0.25) is 0 Å². The predicted molar refractivity (Wildman–Crippen MR) is 88.0 cm³/mol. The Bertz CT molecular complexity index is 631. The van der Waals surface area contributed by atoms with Crippen LogP contribution in [0.5, 0.6) is 5.75 Å². The molecule has 0 aliphatic heterocycles. The summed E-state index contributed by atoms with van der Waals surface area (Å²) in [6, 6.07) is 12.6. The Kier molecular flexibility index (Phi) is 5.25. The molecule has 0 fully saturated rings. The third kappa shape index (κ3) is 3.86. The number of phenols is 1. The van der Waals surface area contributed by atoms with Crippen LogP contribution in [0.15, 0.2) is 42.5 Å². The van der Waals surface area contributed by atoms with Crippen molar-refractivity contribution in [2.24, 2.45) is 0 Å². The van der Waals surface area contributed by atoms with Crippen LogP contribution in [0, 0.1) is 3.57 Å². The quantitative estimate of drug-likeness (QED) is 0.607. The van der Waals surface area contributed by atoms with Gasteiger partial charge in [-0.15, -0.1) is 11.6 Å². The van der Waals surface area contributed by atoms with Crippen molar-refractivity contribution in [1.82, 2.24) is 5.32 Å². The topological polar surface area (TPSA) is 49.3 Å². The molecular weight excluding hydrogens is 389 g/mol. The summed E-state index contributed by atoms with van der Waals surface area (Å²) in [4.78, 5) is 12.0. The van der Waals surface area contributed by atoms with Crippen molar-refractivity contribution >= 4 is 40.1 Å². The van der Waals surface area contributed by atoms with E-state index >= 15 is 0 Å². The Labute approximate surface area is 136 Å². The van der Waals surface area contributed by atoms with Crippen molar-refractivity contribution in [1.29, 1.82) is 0 Å². The van der Waals surface area contributed by atoms with Crippen molar-refractivity contribution in [2.45, 2.75) is 12.4 Å². The van der Waals surface area contributed by atoms with Gasteiger partial charge in [-0.25, -0.2) is 0 Å². The molecule has 20 heavy (non-hydrogen) atoms. The molecule has 2 rings (SSSR count). The van der Waals surface area contributed by atoms with Crippen LogP contribution in [-0.4, -0.2) is 11.0 Å². The zero-order chi connectivity index (χ0) is 14.5. The van der Waals surface area contributed by atoms with Crippen LogP contribution < -0.4 is 5.32 Å². The van der Waals surface area contributed by atoms with E-state index in [2.05, 4.69) is 27.9 Å². The van der Waals surface area contributed by atoms with Gasteiger partial charge in [-0.1, -0.05) is 24.3 Å². The number of carbonyl (C=O) groups excluding carboxylic acids is 1. The second-order valence-electron chi connectivity index (χ2n) is 4.30. The lowest BCUT2D eigenvalue weighted by Gasteiger charge is -2.08. The van der Waals surface area contributed by atoms with Crippen LogP contribution in [0.2, 0.25) is 0 Å². The first kappa shape index (κ1) is 15.1. The van der Waals surface area contributed by atoms with Crippen molar-refractivity contribution in [3.05, 3.63) is 62.7 Å². The summed E-state index contributed by atoms with van der Waals surface area (Å²) >= 11 is 7.87. The number of benzene rings is 2. The predicted octanol–water partition coefficient (Wildman–Crippen LogP) is 3.67. The van der Waals surface area contributed by atoms with Gasteiger partial charge in [-0.05, 0) is 51.9 Å². The average Bonchev–Trinajstić information content (AvgIpc) is 2.47. The number of carbonyl (C=O) groups is 1. The highest BCUT2D eigenvalue weighted by molar-refractivity contribution is 14.1. The fourth-order valence-electron chi connectivity index (χ4n) is 1.79. The summed E-state index contributed by atoms with van der Waals surface area (Å²) in [6.07, 6.45) is 0. The zero-order valence-corrected chi connectivity index (χ0v) is 13.5. The van der Waals surface area contributed by atoms with Crippen molar-refractivity contribution < 1.29 is 9.90 Å². The normalized spacial score (nSPS) is 10.3. The molecule has 2 N–H and O–H groups in total. The minimum absolute atomic E-state index is 0.0163. The molecule has 0 unspecified atom stereocenters. The van der Waals surface area contributed by atoms with E-state index < -0.39 is 0 Å². The lowest BCUT2D eigenvalue weighted by Crippen LogP contribution is -2.23. The highest BCUT2D eigenvalue weighted by Gasteiger charge is 2.11. The number of aromatic hydroxyl groups is 1. The van der Waals surface area contributed by atoms with Gasteiger partial charge in [-0.3, -0.25) is 4.79 Å². The van der Waals surface area contributed by atoms with Crippen molar-refractivity contribution in [3.8, 4) is 5.75 Å². The van der Waals surface area contributed by atoms with E-state index in [1.807, 2.05) is 24.3 Å². The minimum atomic E-state index is -0.294. The van der Waals surface area contributed by atoms with E-state index in [1.54, 1.807) is 12.1 Å². The largest absolute Gasteiger partial charge is 0.507 e. The summed E-state index contributed by atoms with van der Waals surface area (Å²) in [5.41, 5.74) is 2.27. The minimum Gasteiger partial charge on any atom is -0.507 e. The molecule has 2 aromatic rings. The molecule has 2 aromatic carbocycles. The van der Waals surface area contributed by atoms with E-state index in [0.717, 1.165) is 14.7 Å². The van der Waals surface area contributed by atoms with Crippen LogP contribution in [0.1, 0.15) is 21.5 Å². The van der Waals surface area contributed by atoms with Gasteiger partial charge in [-0.2, -0.15) is 0 Å². The van der Waals surface area contributed by atoms with Crippen LogP contribution in [-0.2, 0) is 12.4 Å². The summed E-state index contributed by atoms with van der Waals surface area (Å²) in [5, 5.41) is 12.5. The molecule has 0 saturated heterocycles. The number of hydrogen-bond donors (Lipinski definition) is 2. The van der Waals surface area contributed by atoms with Gasteiger partial charge >= 0.3 is 0 Å². The molecular formula is C15H13ClINO2. The maximum absolute atomic E-state index is 12.0. The Hall–Kier alpha value is -1.27. The number of amides is 1. The molecule has 0 aliphatic carbocycles. The molecule has 3 nitrogen and oxygen atoms in total. The van der Waals surface area contributed by atoms with Gasteiger partial charge in [0.1, 0.15) is 5.75 Å². The lowest BCUT2D eigenvalue weighted by atomic mass is 10.1. The van der Waals surface area contributed by atoms with Crippen LogP contribution in [0.25, 0.3) is 0 Å². The highest BCUT2D eigenvalue weighted by atomic mass is 127. The highest BCUT2D eigenvalue weighted by Crippen LogP contribution is 2.19. The van der Waals surface area contributed by atoms with Gasteiger partial charge in [0.05, 0.1) is 5.56 Å². The van der Waals surface area contributed by atoms with Crippen LogP contribution >= 0.6 is 34.2 Å². The summed E-state index contributed by atoms with van der Waals surface area (Å²) in [6.45, 7) is 0.397. The van der Waals surface area contributed by atoms with E-state index in [0.29, 0.717) is 12.4 Å². The van der Waals surface area contributed by atoms with E-state index in [4.69, 9.17) is 11.6 Å². The number of nitrogens with one attached hydrogen (secondary N) is 1. The third-order valence-electron chi connectivity index (χ3n) is 2.80. The molecule has 0 aliphatic rings. The van der Waals surface area contributed by atoms with Gasteiger partial charge in [0, 0.05) is 16.0 Å². The Balaban J connectivity index is 2.06. The Morgan fingerprint density at radius 3 is 2.70 bits per heavy atom. The van der Waals surface area contributed by atoms with Crippen molar-refractivity contribution in [3.63, 3.8) is 0 Å².